The van der Waals surface area contributed by atoms with Gasteiger partial charge in [-0.1, -0.05) is 6.07 Å². The average molecular weight is 239 g/mol. The number of benzene rings is 1. The van der Waals surface area contributed by atoms with E-state index in [1.165, 1.54) is 6.07 Å². The van der Waals surface area contributed by atoms with E-state index in [1.54, 1.807) is 18.3 Å². The number of hydrogen-bond acceptors (Lipinski definition) is 3. The van der Waals surface area contributed by atoms with Crippen LogP contribution in [-0.4, -0.2) is 14.5 Å². The van der Waals surface area contributed by atoms with Crippen LogP contribution in [0.4, 0.5) is 5.69 Å². The first kappa shape index (κ1) is 10.5. The summed E-state index contributed by atoms with van der Waals surface area (Å²) in [6.07, 6.45) is 3.57. The predicted octanol–water partition coefficient (Wildman–Crippen LogP) is 2.93. The van der Waals surface area contributed by atoms with E-state index in [9.17, 15) is 10.1 Å². The first-order valence-electron chi connectivity index (χ1n) is 5.42. The molecule has 18 heavy (non-hydrogen) atoms. The lowest BCUT2D eigenvalue weighted by atomic mass is 10.2. The number of nitro benzene ring substituents is 1. The van der Waals surface area contributed by atoms with E-state index < -0.39 is 4.92 Å². The van der Waals surface area contributed by atoms with Crippen LogP contribution in [0.1, 0.15) is 0 Å². The van der Waals surface area contributed by atoms with Gasteiger partial charge >= 0.3 is 0 Å². The van der Waals surface area contributed by atoms with Crippen LogP contribution >= 0.6 is 0 Å². The van der Waals surface area contributed by atoms with Crippen molar-refractivity contribution < 1.29 is 4.92 Å². The minimum Gasteiger partial charge on any atom is -0.301 e. The Labute approximate surface area is 102 Å². The SMILES string of the molecule is O=[N+]([O-])c1ccc2c(ccn2-c2ccccn2)c1. The Bertz CT molecular complexity index is 719. The summed E-state index contributed by atoms with van der Waals surface area (Å²) in [6, 6.07) is 12.3. The van der Waals surface area contributed by atoms with E-state index in [0.29, 0.717) is 0 Å². The third-order valence-electron chi connectivity index (χ3n) is 2.78. The molecule has 3 rings (SSSR count). The van der Waals surface area contributed by atoms with E-state index in [2.05, 4.69) is 4.98 Å². The van der Waals surface area contributed by atoms with Gasteiger partial charge in [0, 0.05) is 29.9 Å². The lowest BCUT2D eigenvalue weighted by Crippen LogP contribution is -1.94. The summed E-state index contributed by atoms with van der Waals surface area (Å²) in [5.74, 6) is 0.793. The van der Waals surface area contributed by atoms with Gasteiger partial charge in [0.25, 0.3) is 5.69 Å². The summed E-state index contributed by atoms with van der Waals surface area (Å²) in [7, 11) is 0. The second-order valence-corrected chi connectivity index (χ2v) is 3.87. The average Bonchev–Trinajstić information content (AvgIpc) is 2.82. The second-order valence-electron chi connectivity index (χ2n) is 3.87. The summed E-state index contributed by atoms with van der Waals surface area (Å²) in [5, 5.41) is 11.5. The molecule has 0 amide bonds. The Kier molecular flexibility index (Phi) is 2.30. The Morgan fingerprint density at radius 2 is 2.06 bits per heavy atom. The molecule has 5 nitrogen and oxygen atoms in total. The third kappa shape index (κ3) is 1.62. The second kappa shape index (κ2) is 3.96. The van der Waals surface area contributed by atoms with Crippen LogP contribution in [-0.2, 0) is 0 Å². The maximum Gasteiger partial charge on any atom is 0.270 e. The van der Waals surface area contributed by atoms with Gasteiger partial charge in [0.2, 0.25) is 0 Å². The molecule has 3 aromatic rings. The largest absolute Gasteiger partial charge is 0.301 e. The number of fused-ring (bicyclic) bond motifs is 1. The number of rotatable bonds is 2. The third-order valence-corrected chi connectivity index (χ3v) is 2.78. The highest BCUT2D eigenvalue weighted by Crippen LogP contribution is 2.23. The normalized spacial score (nSPS) is 10.7. The first-order chi connectivity index (χ1) is 8.75. The van der Waals surface area contributed by atoms with Crippen molar-refractivity contribution in [2.45, 2.75) is 0 Å². The Morgan fingerprint density at radius 1 is 1.17 bits per heavy atom. The van der Waals surface area contributed by atoms with Gasteiger partial charge in [0.15, 0.2) is 0 Å². The Morgan fingerprint density at radius 3 is 2.78 bits per heavy atom. The molecule has 0 spiro atoms. The van der Waals surface area contributed by atoms with Crippen molar-refractivity contribution in [3.8, 4) is 5.82 Å². The summed E-state index contributed by atoms with van der Waals surface area (Å²) < 4.78 is 1.90. The number of aromatic nitrogens is 2. The fraction of sp³-hybridized carbons (Fsp3) is 0. The van der Waals surface area contributed by atoms with Gasteiger partial charge in [0.05, 0.1) is 10.4 Å². The van der Waals surface area contributed by atoms with Crippen molar-refractivity contribution in [2.24, 2.45) is 0 Å². The van der Waals surface area contributed by atoms with Crippen LogP contribution in [0, 0.1) is 10.1 Å². The van der Waals surface area contributed by atoms with Crippen molar-refractivity contribution >= 4 is 16.6 Å². The first-order valence-corrected chi connectivity index (χ1v) is 5.42. The molecule has 5 heteroatoms. The molecular weight excluding hydrogens is 230 g/mol. The summed E-state index contributed by atoms with van der Waals surface area (Å²) in [5.41, 5.74) is 1.00. The van der Waals surface area contributed by atoms with Crippen LogP contribution in [0.2, 0.25) is 0 Å². The molecule has 2 aromatic heterocycles. The van der Waals surface area contributed by atoms with E-state index in [4.69, 9.17) is 0 Å². The highest BCUT2D eigenvalue weighted by atomic mass is 16.6. The Balaban J connectivity index is 2.19. The van der Waals surface area contributed by atoms with Gasteiger partial charge in [-0.25, -0.2) is 4.98 Å². The van der Waals surface area contributed by atoms with Crippen LogP contribution in [0.15, 0.2) is 54.9 Å². The van der Waals surface area contributed by atoms with Gasteiger partial charge in [-0.15, -0.1) is 0 Å². The summed E-state index contributed by atoms with van der Waals surface area (Å²) >= 11 is 0. The van der Waals surface area contributed by atoms with Crippen LogP contribution in [0.25, 0.3) is 16.7 Å². The topological polar surface area (TPSA) is 61.0 Å². The molecule has 0 unspecified atom stereocenters. The quantitative estimate of drug-likeness (QED) is 0.510. The number of nitrogens with zero attached hydrogens (tertiary/aromatic N) is 3. The smallest absolute Gasteiger partial charge is 0.270 e. The van der Waals surface area contributed by atoms with Crippen molar-refractivity contribution in [3.05, 3.63) is 65.0 Å². The van der Waals surface area contributed by atoms with Crippen LogP contribution in [0.5, 0.6) is 0 Å². The van der Waals surface area contributed by atoms with Gasteiger partial charge in [-0.05, 0) is 24.3 Å². The molecule has 0 aliphatic carbocycles. The zero-order valence-electron chi connectivity index (χ0n) is 9.35. The number of non-ortho nitro benzene ring substituents is 1. The van der Waals surface area contributed by atoms with E-state index in [1.807, 2.05) is 35.0 Å². The van der Waals surface area contributed by atoms with Gasteiger partial charge in [-0.3, -0.25) is 10.1 Å². The molecule has 0 saturated heterocycles. The van der Waals surface area contributed by atoms with Crippen molar-refractivity contribution in [2.75, 3.05) is 0 Å². The Hall–Kier alpha value is -2.69. The minimum absolute atomic E-state index is 0.0984. The highest BCUT2D eigenvalue weighted by Gasteiger charge is 2.09. The lowest BCUT2D eigenvalue weighted by molar-refractivity contribution is -0.384. The van der Waals surface area contributed by atoms with Crippen LogP contribution < -0.4 is 0 Å². The predicted molar refractivity (Wildman–Crippen MR) is 67.7 cm³/mol. The van der Waals surface area contributed by atoms with Gasteiger partial charge in [-0.2, -0.15) is 0 Å². The molecule has 0 aliphatic heterocycles. The standard InChI is InChI=1S/C13H9N3O2/c17-16(18)11-4-5-12-10(9-11)6-8-15(12)13-3-1-2-7-14-13/h1-9H. The summed E-state index contributed by atoms with van der Waals surface area (Å²) in [4.78, 5) is 14.6. The molecule has 0 atom stereocenters. The van der Waals surface area contributed by atoms with Crippen LogP contribution in [0.3, 0.4) is 0 Å². The lowest BCUT2D eigenvalue weighted by Gasteiger charge is -2.03. The van der Waals surface area contributed by atoms with E-state index in [0.717, 1.165) is 16.7 Å². The molecule has 1 aromatic carbocycles. The van der Waals surface area contributed by atoms with Crippen molar-refractivity contribution in [3.63, 3.8) is 0 Å². The molecule has 0 radical (unpaired) electrons. The molecule has 2 heterocycles. The van der Waals surface area contributed by atoms with Crippen molar-refractivity contribution in [1.29, 1.82) is 0 Å². The molecule has 0 bridgehead atoms. The maximum atomic E-state index is 10.7. The summed E-state index contributed by atoms with van der Waals surface area (Å²) in [6.45, 7) is 0. The molecule has 0 N–H and O–H groups in total. The molecular formula is C13H9N3O2. The van der Waals surface area contributed by atoms with Gasteiger partial charge < -0.3 is 4.57 Å². The highest BCUT2D eigenvalue weighted by molar-refractivity contribution is 5.83. The molecule has 0 aliphatic rings. The van der Waals surface area contributed by atoms with E-state index >= 15 is 0 Å². The van der Waals surface area contributed by atoms with Crippen molar-refractivity contribution in [1.82, 2.24) is 9.55 Å². The molecule has 0 fully saturated rings. The maximum absolute atomic E-state index is 10.7. The van der Waals surface area contributed by atoms with Gasteiger partial charge in [0.1, 0.15) is 5.82 Å². The fourth-order valence-corrected chi connectivity index (χ4v) is 1.94. The fourth-order valence-electron chi connectivity index (χ4n) is 1.94. The number of nitro groups is 1. The number of hydrogen-bond donors (Lipinski definition) is 0. The minimum atomic E-state index is -0.391. The zero-order chi connectivity index (χ0) is 12.5. The zero-order valence-corrected chi connectivity index (χ0v) is 9.35. The monoisotopic (exact) mass is 239 g/mol. The van der Waals surface area contributed by atoms with E-state index in [-0.39, 0.29) is 5.69 Å². The number of pyridine rings is 1. The molecule has 0 saturated carbocycles. The molecule has 88 valence electrons.